The van der Waals surface area contributed by atoms with E-state index in [1.54, 1.807) is 25.1 Å². The molecule has 206 valence electrons. The van der Waals surface area contributed by atoms with Crippen LogP contribution in [0.25, 0.3) is 10.9 Å². The van der Waals surface area contributed by atoms with E-state index in [-0.39, 0.29) is 11.7 Å². The number of ether oxygens (including phenoxy) is 2. The van der Waals surface area contributed by atoms with E-state index in [1.165, 1.54) is 24.3 Å². The molecule has 0 saturated carbocycles. The smallest absolute Gasteiger partial charge is 0.338 e. The number of rotatable bonds is 11. The lowest BCUT2D eigenvalue weighted by molar-refractivity contribution is -0.384. The van der Waals surface area contributed by atoms with Crippen LogP contribution >= 0.6 is 11.8 Å². The summed E-state index contributed by atoms with van der Waals surface area (Å²) in [6.07, 6.45) is 4.44. The molecule has 3 aliphatic heterocycles. The number of methoxy groups -OCH3 is 1. The first-order valence-corrected chi connectivity index (χ1v) is 14.4. The molecule has 0 aliphatic carbocycles. The topological polar surface area (TPSA) is 115 Å². The van der Waals surface area contributed by atoms with E-state index in [0.29, 0.717) is 29.8 Å². The number of nitro benzene ring substituents is 1. The maximum atomic E-state index is 12.1. The van der Waals surface area contributed by atoms with Crippen LogP contribution in [0.4, 0.5) is 5.69 Å². The zero-order valence-electron chi connectivity index (χ0n) is 21.9. The quantitative estimate of drug-likeness (QED) is 0.154. The minimum atomic E-state index is -0.578. The third kappa shape index (κ3) is 6.18. The predicted octanol–water partition coefficient (Wildman–Crippen LogP) is 4.88. The molecule has 6 rings (SSSR count). The highest BCUT2D eigenvalue weighted by Crippen LogP contribution is 2.43. The fourth-order valence-corrected chi connectivity index (χ4v) is 6.78. The number of pyridine rings is 1. The molecule has 4 heterocycles. The second-order valence-electron chi connectivity index (χ2n) is 10.2. The van der Waals surface area contributed by atoms with Gasteiger partial charge in [-0.25, -0.2) is 4.79 Å². The highest BCUT2D eigenvalue weighted by molar-refractivity contribution is 7.99. The van der Waals surface area contributed by atoms with Crippen LogP contribution in [0, 0.1) is 22.0 Å². The Labute approximate surface area is 231 Å². The number of benzene rings is 2. The number of nitrogens with zero attached hydrogens (tertiary/aromatic N) is 3. The Bertz CT molecular complexity index is 1320. The van der Waals surface area contributed by atoms with Crippen LogP contribution in [0.5, 0.6) is 5.75 Å². The molecule has 9 nitrogen and oxygen atoms in total. The summed E-state index contributed by atoms with van der Waals surface area (Å²) in [4.78, 5) is 29.3. The van der Waals surface area contributed by atoms with Crippen LogP contribution in [0.15, 0.2) is 54.7 Å². The van der Waals surface area contributed by atoms with Crippen LogP contribution in [-0.4, -0.2) is 70.2 Å². The van der Waals surface area contributed by atoms with Gasteiger partial charge in [0.1, 0.15) is 12.4 Å². The zero-order valence-corrected chi connectivity index (χ0v) is 22.7. The molecule has 3 fully saturated rings. The van der Waals surface area contributed by atoms with Crippen LogP contribution in [-0.2, 0) is 4.74 Å². The van der Waals surface area contributed by atoms with E-state index in [0.717, 1.165) is 60.3 Å². The summed E-state index contributed by atoms with van der Waals surface area (Å²) in [6, 6.07) is 13.3. The van der Waals surface area contributed by atoms with E-state index in [1.807, 2.05) is 24.3 Å². The van der Waals surface area contributed by atoms with Gasteiger partial charge in [-0.2, -0.15) is 11.8 Å². The van der Waals surface area contributed by atoms with Gasteiger partial charge in [-0.1, -0.05) is 0 Å². The van der Waals surface area contributed by atoms with Crippen molar-refractivity contribution < 1.29 is 24.3 Å². The maximum Gasteiger partial charge on any atom is 0.338 e. The van der Waals surface area contributed by atoms with Crippen molar-refractivity contribution in [1.29, 1.82) is 0 Å². The summed E-state index contributed by atoms with van der Waals surface area (Å²) in [5.41, 5.74) is 2.03. The van der Waals surface area contributed by atoms with Crippen LogP contribution < -0.4 is 4.74 Å². The molecular weight excluding hydrogens is 518 g/mol. The van der Waals surface area contributed by atoms with Gasteiger partial charge < -0.3 is 14.6 Å². The first-order valence-electron chi connectivity index (χ1n) is 13.3. The second kappa shape index (κ2) is 12.3. The molecule has 1 aromatic heterocycles. The normalized spacial score (nSPS) is 22.9. The lowest BCUT2D eigenvalue weighted by Crippen LogP contribution is -2.55. The summed E-state index contributed by atoms with van der Waals surface area (Å²) in [5.74, 6) is 3.19. The van der Waals surface area contributed by atoms with E-state index in [2.05, 4.69) is 9.88 Å². The number of aromatic nitrogens is 1. The van der Waals surface area contributed by atoms with Crippen molar-refractivity contribution in [1.82, 2.24) is 9.88 Å². The summed E-state index contributed by atoms with van der Waals surface area (Å²) in [6.45, 7) is 2.31. The van der Waals surface area contributed by atoms with E-state index in [4.69, 9.17) is 9.47 Å². The fraction of sp³-hybridized carbons (Fsp3) is 0.448. The third-order valence-corrected chi connectivity index (χ3v) is 8.99. The average molecular weight is 552 g/mol. The molecule has 3 saturated heterocycles. The number of nitro groups is 1. The monoisotopic (exact) mass is 551 g/mol. The Morgan fingerprint density at radius 3 is 2.77 bits per heavy atom. The third-order valence-electron chi connectivity index (χ3n) is 8.01. The number of thioether (sulfide) groups is 1. The number of piperidine rings is 3. The number of esters is 1. The minimum Gasteiger partial charge on any atom is -0.497 e. The number of aliphatic hydroxyl groups is 1. The van der Waals surface area contributed by atoms with Crippen molar-refractivity contribution in [3.8, 4) is 5.75 Å². The van der Waals surface area contributed by atoms with Gasteiger partial charge in [0.2, 0.25) is 0 Å². The Kier molecular flexibility index (Phi) is 8.64. The Balaban J connectivity index is 1.08. The van der Waals surface area contributed by atoms with Gasteiger partial charge in [-0.05, 0) is 85.4 Å². The maximum absolute atomic E-state index is 12.1. The van der Waals surface area contributed by atoms with Crippen molar-refractivity contribution in [3.63, 3.8) is 0 Å². The summed E-state index contributed by atoms with van der Waals surface area (Å²) >= 11 is 1.77. The predicted molar refractivity (Wildman–Crippen MR) is 150 cm³/mol. The molecule has 0 amide bonds. The first kappa shape index (κ1) is 27.4. The summed E-state index contributed by atoms with van der Waals surface area (Å²) in [7, 11) is 1.65. The van der Waals surface area contributed by atoms with Gasteiger partial charge in [0.05, 0.1) is 29.2 Å². The highest BCUT2D eigenvalue weighted by atomic mass is 32.2. The SMILES string of the molecule is COc1ccc2nccc([C@H](O)[C@H]3C[C@@H]4CCN3C[C@@H]4CCSCCOC(=O)c3ccc([N+](=O)[O-])cc3)c2c1. The fourth-order valence-electron chi connectivity index (χ4n) is 5.91. The molecule has 0 spiro atoms. The number of hydrogen-bond donors (Lipinski definition) is 1. The highest BCUT2D eigenvalue weighted by Gasteiger charge is 2.43. The van der Waals surface area contributed by atoms with Crippen molar-refractivity contribution >= 4 is 34.3 Å². The molecule has 0 radical (unpaired) electrons. The molecule has 2 aromatic carbocycles. The van der Waals surface area contributed by atoms with Gasteiger partial charge >= 0.3 is 5.97 Å². The van der Waals surface area contributed by atoms with Crippen LogP contribution in [0.3, 0.4) is 0 Å². The Morgan fingerprint density at radius 2 is 2.05 bits per heavy atom. The lowest BCUT2D eigenvalue weighted by Gasteiger charge is -2.51. The zero-order chi connectivity index (χ0) is 27.4. The van der Waals surface area contributed by atoms with Crippen LogP contribution in [0.1, 0.15) is 41.3 Å². The lowest BCUT2D eigenvalue weighted by atomic mass is 9.72. The molecule has 1 unspecified atom stereocenters. The molecule has 3 aliphatic rings. The largest absolute Gasteiger partial charge is 0.497 e. The number of non-ortho nitro benzene ring substituents is 1. The van der Waals surface area contributed by atoms with Crippen molar-refractivity contribution in [2.45, 2.75) is 31.4 Å². The second-order valence-corrected chi connectivity index (χ2v) is 11.4. The molecule has 10 heteroatoms. The van der Waals surface area contributed by atoms with Gasteiger partial charge in [0.25, 0.3) is 5.69 Å². The van der Waals surface area contributed by atoms with Gasteiger partial charge in [-0.15, -0.1) is 0 Å². The number of carbonyl (C=O) groups excluding carboxylic acids is 1. The number of hydrogen-bond acceptors (Lipinski definition) is 9. The standard InChI is InChI=1S/C29H33N3O6S/c1-37-23-6-7-26-25(17-23)24(8-11-30-26)28(33)27-16-20-9-12-31(27)18-21(20)10-14-39-15-13-38-29(34)19-2-4-22(5-3-19)32(35)36/h2-8,11,17,20-21,27-28,33H,9-10,12-16,18H2,1H3/t20-,21-,27+,28-/m0/s1. The number of carbonyl (C=O) groups is 1. The molecule has 1 N–H and O–H groups in total. The van der Waals surface area contributed by atoms with Gasteiger partial charge in [-0.3, -0.25) is 20.0 Å². The van der Waals surface area contributed by atoms with E-state index in [9.17, 15) is 20.0 Å². The van der Waals surface area contributed by atoms with Crippen molar-refractivity contribution in [2.75, 3.05) is 38.3 Å². The Morgan fingerprint density at radius 1 is 1.23 bits per heavy atom. The Hall–Kier alpha value is -3.21. The van der Waals surface area contributed by atoms with E-state index < -0.39 is 17.0 Å². The summed E-state index contributed by atoms with van der Waals surface area (Å²) < 4.78 is 10.7. The number of fused-ring (bicyclic) bond motifs is 4. The van der Waals surface area contributed by atoms with Crippen LogP contribution in [0.2, 0.25) is 0 Å². The molecule has 39 heavy (non-hydrogen) atoms. The molecule has 2 bridgehead atoms. The summed E-state index contributed by atoms with van der Waals surface area (Å²) in [5, 5.41) is 23.2. The van der Waals surface area contributed by atoms with Crippen molar-refractivity contribution in [3.05, 3.63) is 76.0 Å². The number of aliphatic hydroxyl groups excluding tert-OH is 1. The average Bonchev–Trinajstić information content (AvgIpc) is 2.98. The van der Waals surface area contributed by atoms with E-state index >= 15 is 0 Å². The molecular formula is C29H33N3O6S. The first-order chi connectivity index (χ1) is 18.9. The van der Waals surface area contributed by atoms with Gasteiger partial charge in [0, 0.05) is 42.1 Å². The minimum absolute atomic E-state index is 0.0535. The van der Waals surface area contributed by atoms with Gasteiger partial charge in [0.15, 0.2) is 0 Å². The van der Waals surface area contributed by atoms with Crippen molar-refractivity contribution in [2.24, 2.45) is 11.8 Å². The molecule has 3 aromatic rings. The molecule has 5 atom stereocenters.